The average molecular weight is 1000 g/mol. The fraction of sp³-hybridized carbons (Fsp3) is 0.522. The Morgan fingerprint density at radius 3 is 1.35 bits per heavy atom. The molecule has 0 spiro atoms. The molecule has 0 atom stereocenters. The van der Waals surface area contributed by atoms with Crippen molar-refractivity contribution in [3.8, 4) is 11.5 Å². The molecule has 2 aliphatic heterocycles. The fourth-order valence-electron chi connectivity index (χ4n) is 6.17. The van der Waals surface area contributed by atoms with Crippen LogP contribution in [0.5, 0.6) is 11.5 Å². The van der Waals surface area contributed by atoms with Crippen LogP contribution >= 0.6 is 15.9 Å². The lowest BCUT2D eigenvalue weighted by molar-refractivity contribution is 0.490. The predicted molar refractivity (Wildman–Crippen MR) is 270 cm³/mol. The van der Waals surface area contributed by atoms with Gasteiger partial charge in [-0.3, -0.25) is 9.44 Å². The van der Waals surface area contributed by atoms with E-state index in [9.17, 15) is 16.8 Å². The number of pyridine rings is 2. The first-order chi connectivity index (χ1) is 29.2. The Hall–Kier alpha value is -3.49. The summed E-state index contributed by atoms with van der Waals surface area (Å²) in [5, 5.41) is 2.58. The van der Waals surface area contributed by atoms with E-state index in [1.165, 1.54) is 11.1 Å². The summed E-state index contributed by atoms with van der Waals surface area (Å²) < 4.78 is 69.4. The lowest BCUT2D eigenvalue weighted by atomic mass is 10.1. The smallest absolute Gasteiger partial charge is 0.250 e. The van der Waals surface area contributed by atoms with Crippen LogP contribution < -0.4 is 28.5 Å². The van der Waals surface area contributed by atoms with E-state index in [0.29, 0.717) is 48.8 Å². The molecule has 63 heavy (non-hydrogen) atoms. The van der Waals surface area contributed by atoms with Crippen molar-refractivity contribution in [2.24, 2.45) is 0 Å². The molecule has 0 radical (unpaired) electrons. The van der Waals surface area contributed by atoms with Crippen molar-refractivity contribution in [1.29, 1.82) is 0 Å². The number of rotatable bonds is 11. The SMILES string of the molecule is CC(C)(C)[Si](C)(C)Oc1ccc(NS(=O)(=O)C2CCNCC2)nc1.Cc1ccc(Br)cc1.Cc1ccc(N2CCC(S(=O)(=O)Nc3ccc(O[Si](C)(C)C(C)(C)C)cn3)CC2)cc1. The van der Waals surface area contributed by atoms with E-state index in [1.54, 1.807) is 36.7 Å². The van der Waals surface area contributed by atoms with Crippen LogP contribution in [0, 0.1) is 13.8 Å². The maximum atomic E-state index is 12.9. The van der Waals surface area contributed by atoms with Gasteiger partial charge in [0.2, 0.25) is 20.0 Å². The second kappa shape index (κ2) is 21.7. The molecular formula is C46H71BrN6O6S2Si2. The first-order valence-electron chi connectivity index (χ1n) is 21.8. The Morgan fingerprint density at radius 1 is 0.619 bits per heavy atom. The van der Waals surface area contributed by atoms with Gasteiger partial charge in [-0.1, -0.05) is 92.9 Å². The fourth-order valence-corrected chi connectivity index (χ4v) is 11.3. The number of nitrogens with one attached hydrogen (secondary N) is 3. The minimum absolute atomic E-state index is 0.0840. The highest BCUT2D eigenvalue weighted by Gasteiger charge is 2.40. The normalized spacial score (nSPS) is 15.9. The zero-order chi connectivity index (χ0) is 46.9. The molecule has 0 aliphatic carbocycles. The van der Waals surface area contributed by atoms with Crippen LogP contribution in [0.3, 0.4) is 0 Å². The Bertz CT molecular complexity index is 2240. The Morgan fingerprint density at radius 2 is 1.00 bits per heavy atom. The summed E-state index contributed by atoms with van der Waals surface area (Å²) >= 11 is 3.35. The van der Waals surface area contributed by atoms with E-state index in [0.717, 1.165) is 36.3 Å². The molecule has 2 fully saturated rings. The second-order valence-electron chi connectivity index (χ2n) is 19.5. The number of sulfonamides is 2. The molecule has 0 saturated carbocycles. The van der Waals surface area contributed by atoms with E-state index in [4.69, 9.17) is 8.85 Å². The Kier molecular flexibility index (Phi) is 17.9. The Labute approximate surface area is 389 Å². The summed E-state index contributed by atoms with van der Waals surface area (Å²) in [4.78, 5) is 10.8. The zero-order valence-corrected chi connectivity index (χ0v) is 44.6. The molecule has 4 aromatic rings. The molecule has 6 rings (SSSR count). The van der Waals surface area contributed by atoms with Crippen molar-refractivity contribution < 1.29 is 25.7 Å². The maximum Gasteiger partial charge on any atom is 0.250 e. The van der Waals surface area contributed by atoms with Gasteiger partial charge in [-0.05, 0) is 137 Å². The van der Waals surface area contributed by atoms with Gasteiger partial charge in [0.25, 0.3) is 16.6 Å². The molecule has 17 heteroatoms. The second-order valence-corrected chi connectivity index (χ2v) is 33.8. The summed E-state index contributed by atoms with van der Waals surface area (Å²) in [6.07, 6.45) is 5.65. The highest BCUT2D eigenvalue weighted by molar-refractivity contribution is 9.10. The number of piperidine rings is 2. The van der Waals surface area contributed by atoms with E-state index in [1.807, 2.05) is 12.1 Å². The monoisotopic (exact) mass is 1000 g/mol. The van der Waals surface area contributed by atoms with E-state index in [-0.39, 0.29) is 15.3 Å². The quantitative estimate of drug-likeness (QED) is 0.124. The van der Waals surface area contributed by atoms with Crippen LogP contribution in [0.2, 0.25) is 36.3 Å². The van der Waals surface area contributed by atoms with Gasteiger partial charge in [-0.2, -0.15) is 0 Å². The largest absolute Gasteiger partial charge is 0.542 e. The van der Waals surface area contributed by atoms with E-state index < -0.39 is 41.9 Å². The first kappa shape index (κ1) is 52.1. The summed E-state index contributed by atoms with van der Waals surface area (Å²) in [6, 6.07) is 23.5. The van der Waals surface area contributed by atoms with Gasteiger partial charge in [-0.25, -0.2) is 26.8 Å². The van der Waals surface area contributed by atoms with E-state index in [2.05, 4.69) is 164 Å². The van der Waals surface area contributed by atoms with Crippen molar-refractivity contribution in [3.05, 3.63) is 101 Å². The van der Waals surface area contributed by atoms with Crippen molar-refractivity contribution >= 4 is 69.9 Å². The van der Waals surface area contributed by atoms with Gasteiger partial charge in [0.1, 0.15) is 23.1 Å². The molecule has 2 aromatic heterocycles. The molecule has 12 nitrogen and oxygen atoms in total. The number of nitrogens with zero attached hydrogens (tertiary/aromatic N) is 3. The number of hydrogen-bond acceptors (Lipinski definition) is 10. The van der Waals surface area contributed by atoms with Crippen molar-refractivity contribution in [1.82, 2.24) is 15.3 Å². The highest BCUT2D eigenvalue weighted by Crippen LogP contribution is 2.38. The van der Waals surface area contributed by atoms with Gasteiger partial charge in [0.15, 0.2) is 0 Å². The summed E-state index contributed by atoms with van der Waals surface area (Å²) in [6.45, 7) is 28.8. The van der Waals surface area contributed by atoms with Gasteiger partial charge in [0.05, 0.1) is 22.9 Å². The van der Waals surface area contributed by atoms with Crippen LogP contribution in [0.1, 0.15) is 78.4 Å². The van der Waals surface area contributed by atoms with Crippen LogP contribution in [0.15, 0.2) is 89.7 Å². The first-order valence-corrected chi connectivity index (χ1v) is 31.5. The molecule has 4 heterocycles. The summed E-state index contributed by atoms with van der Waals surface area (Å²) in [5.41, 5.74) is 3.67. The maximum absolute atomic E-state index is 12.9. The molecule has 2 aromatic carbocycles. The highest BCUT2D eigenvalue weighted by atomic mass is 79.9. The summed E-state index contributed by atoms with van der Waals surface area (Å²) in [5.74, 6) is 2.05. The van der Waals surface area contributed by atoms with Crippen LogP contribution in [-0.4, -0.2) is 80.1 Å². The molecule has 0 bridgehead atoms. The van der Waals surface area contributed by atoms with Crippen LogP contribution in [0.25, 0.3) is 0 Å². The van der Waals surface area contributed by atoms with Gasteiger partial charge in [-0.15, -0.1) is 0 Å². The van der Waals surface area contributed by atoms with Crippen molar-refractivity contribution in [2.75, 3.05) is 40.5 Å². The summed E-state index contributed by atoms with van der Waals surface area (Å²) in [7, 11) is -10.8. The standard InChI is InChI=1S/C23H35N3O3SSi.C16H29N3O3SSi.C7H7Br/c1-18-7-9-19(10-8-18)26-15-13-21(14-16-26)30(27,28)25-22-12-11-20(17-24-22)29-31(5,6)23(2,3)4;1-16(2,3)24(4,5)22-13-6-7-15(18-12-13)19-23(20,21)14-8-10-17-11-9-14;1-6-2-4-7(8)5-3-6/h7-12,17,21H,13-16H2,1-6H3,(H,24,25);6-7,12,14,17H,8-11H2,1-5H3,(H,18,19);2-5H,1H3. The average Bonchev–Trinajstić information content (AvgIpc) is 3.20. The van der Waals surface area contributed by atoms with Crippen LogP contribution in [-0.2, 0) is 20.0 Å². The predicted octanol–water partition coefficient (Wildman–Crippen LogP) is 10.9. The number of aryl methyl sites for hydroxylation is 2. The van der Waals surface area contributed by atoms with Gasteiger partial charge in [0, 0.05) is 23.2 Å². The molecule has 0 unspecified atom stereocenters. The van der Waals surface area contributed by atoms with E-state index >= 15 is 0 Å². The topological polar surface area (TPSA) is 152 Å². The molecule has 3 N–H and O–H groups in total. The molecule has 0 amide bonds. The van der Waals surface area contributed by atoms with Crippen LogP contribution in [0.4, 0.5) is 17.3 Å². The van der Waals surface area contributed by atoms with Crippen molar-refractivity contribution in [3.63, 3.8) is 0 Å². The zero-order valence-electron chi connectivity index (χ0n) is 39.4. The van der Waals surface area contributed by atoms with Gasteiger partial charge >= 0.3 is 0 Å². The lowest BCUT2D eigenvalue weighted by Crippen LogP contribution is -2.43. The minimum Gasteiger partial charge on any atom is -0.542 e. The number of aromatic nitrogens is 2. The lowest BCUT2D eigenvalue weighted by Gasteiger charge is -2.36. The third-order valence-electron chi connectivity index (χ3n) is 12.3. The molecule has 2 aliphatic rings. The third kappa shape index (κ3) is 15.9. The number of anilines is 3. The number of halogens is 1. The minimum atomic E-state index is -3.49. The third-order valence-corrected chi connectivity index (χ3v) is 25.3. The Balaban J connectivity index is 0.000000240. The molecular weight excluding hydrogens is 933 g/mol. The molecule has 2 saturated heterocycles. The number of benzene rings is 2. The van der Waals surface area contributed by atoms with Gasteiger partial charge < -0.3 is 19.1 Å². The number of hydrogen-bond donors (Lipinski definition) is 3. The molecule has 348 valence electrons. The van der Waals surface area contributed by atoms with Crippen molar-refractivity contribution in [2.45, 2.75) is 128 Å².